The average molecular weight is 394 g/mol. The van der Waals surface area contributed by atoms with Crippen molar-refractivity contribution >= 4 is 11.9 Å². The van der Waals surface area contributed by atoms with Gasteiger partial charge in [-0.3, -0.25) is 9.69 Å². The number of ether oxygens (including phenoxy) is 2. The predicted octanol–water partition coefficient (Wildman–Crippen LogP) is 2.13. The highest BCUT2D eigenvalue weighted by molar-refractivity contribution is 5.83. The molecule has 154 valence electrons. The number of halogens is 1. The number of amides is 1. The second kappa shape index (κ2) is 7.95. The first-order chi connectivity index (χ1) is 13.3. The minimum Gasteiger partial charge on any atom is -0.493 e. The number of aliphatic carboxylic acids is 1. The molecule has 7 nitrogen and oxygen atoms in total. The Morgan fingerprint density at radius 3 is 2.32 bits per heavy atom. The van der Waals surface area contributed by atoms with Crippen LogP contribution in [0, 0.1) is 11.2 Å². The second-order valence-corrected chi connectivity index (χ2v) is 7.78. The largest absolute Gasteiger partial charge is 0.493 e. The number of hydrogen-bond acceptors (Lipinski definition) is 5. The van der Waals surface area contributed by atoms with Crippen molar-refractivity contribution in [1.82, 2.24) is 9.80 Å². The summed E-state index contributed by atoms with van der Waals surface area (Å²) in [5.41, 5.74) is 0.371. The highest BCUT2D eigenvalue weighted by atomic mass is 19.1. The fraction of sp³-hybridized carbons (Fsp3) is 0.600. The van der Waals surface area contributed by atoms with Crippen molar-refractivity contribution in [2.24, 2.45) is 5.41 Å². The topological polar surface area (TPSA) is 79.3 Å². The lowest BCUT2D eigenvalue weighted by Gasteiger charge is -2.39. The van der Waals surface area contributed by atoms with Gasteiger partial charge in [0.25, 0.3) is 0 Å². The van der Waals surface area contributed by atoms with Crippen molar-refractivity contribution in [2.45, 2.75) is 38.8 Å². The molecule has 0 aliphatic carbocycles. The first-order valence-corrected chi connectivity index (χ1v) is 9.41. The van der Waals surface area contributed by atoms with Crippen LogP contribution in [-0.4, -0.2) is 66.7 Å². The van der Waals surface area contributed by atoms with Crippen molar-refractivity contribution in [1.29, 1.82) is 0 Å². The Labute approximate surface area is 164 Å². The number of hydrogen-bond donors (Lipinski definition) is 1. The van der Waals surface area contributed by atoms with E-state index >= 15 is 0 Å². The van der Waals surface area contributed by atoms with Gasteiger partial charge >= 0.3 is 5.97 Å². The number of nitrogens with zero attached hydrogens (tertiary/aromatic N) is 2. The Hall–Kier alpha value is -2.35. The molecule has 1 aromatic rings. The molecule has 2 heterocycles. The van der Waals surface area contributed by atoms with Gasteiger partial charge in [-0.15, -0.1) is 0 Å². The van der Waals surface area contributed by atoms with Crippen LogP contribution in [0.2, 0.25) is 0 Å². The Bertz CT molecular complexity index is 737. The Kier molecular flexibility index (Phi) is 5.79. The Morgan fingerprint density at radius 1 is 1.21 bits per heavy atom. The standard InChI is InChI=1S/C20H27FN2O5/c1-13(24)23-12-20(10-16(23)19(25)26)4-6-22(7-5-20)11-14-8-17(27-2)18(28-3)9-15(14)21/h8-9,16H,4-7,10-12H2,1-3H3,(H,25,26)/t16-/m1/s1. The smallest absolute Gasteiger partial charge is 0.326 e. The zero-order valence-electron chi connectivity index (χ0n) is 16.5. The van der Waals surface area contributed by atoms with Crippen molar-refractivity contribution < 1.29 is 28.6 Å². The minimum atomic E-state index is -0.943. The molecule has 1 N–H and O–H groups in total. The number of carboxylic acids is 1. The van der Waals surface area contributed by atoms with E-state index in [1.807, 2.05) is 0 Å². The van der Waals surface area contributed by atoms with Crippen molar-refractivity contribution in [3.8, 4) is 11.5 Å². The maximum absolute atomic E-state index is 14.4. The van der Waals surface area contributed by atoms with Gasteiger partial charge in [0.05, 0.1) is 14.2 Å². The number of methoxy groups -OCH3 is 2. The number of rotatable bonds is 5. The van der Waals surface area contributed by atoms with E-state index in [0.717, 1.165) is 25.9 Å². The lowest BCUT2D eigenvalue weighted by atomic mass is 9.76. The number of carboxylic acid groups (broad SMARTS) is 1. The fourth-order valence-electron chi connectivity index (χ4n) is 4.41. The predicted molar refractivity (Wildman–Crippen MR) is 99.9 cm³/mol. The van der Waals surface area contributed by atoms with Crippen LogP contribution in [0.1, 0.15) is 31.7 Å². The summed E-state index contributed by atoms with van der Waals surface area (Å²) in [6.07, 6.45) is 2.06. The molecular weight excluding hydrogens is 367 g/mol. The van der Waals surface area contributed by atoms with Crippen molar-refractivity contribution in [3.63, 3.8) is 0 Å². The molecule has 1 amide bonds. The average Bonchev–Trinajstić information content (AvgIpc) is 3.05. The van der Waals surface area contributed by atoms with Gasteiger partial charge in [0.15, 0.2) is 11.5 Å². The SMILES string of the molecule is COc1cc(F)c(CN2CCC3(CC2)C[C@H](C(=O)O)N(C(C)=O)C3)cc1OC. The second-order valence-electron chi connectivity index (χ2n) is 7.78. The highest BCUT2D eigenvalue weighted by Crippen LogP contribution is 2.44. The van der Waals surface area contributed by atoms with Crippen LogP contribution in [0.4, 0.5) is 4.39 Å². The zero-order chi connectivity index (χ0) is 20.5. The monoisotopic (exact) mass is 394 g/mol. The molecule has 0 saturated carbocycles. The normalized spacial score (nSPS) is 21.7. The zero-order valence-corrected chi connectivity index (χ0v) is 16.5. The quantitative estimate of drug-likeness (QED) is 0.824. The van der Waals surface area contributed by atoms with Crippen LogP contribution in [0.25, 0.3) is 0 Å². The van der Waals surface area contributed by atoms with Gasteiger partial charge in [-0.1, -0.05) is 0 Å². The fourth-order valence-corrected chi connectivity index (χ4v) is 4.41. The molecule has 1 atom stereocenters. The molecule has 3 rings (SSSR count). The van der Waals surface area contributed by atoms with E-state index in [9.17, 15) is 19.1 Å². The van der Waals surface area contributed by atoms with Crippen LogP contribution in [-0.2, 0) is 16.1 Å². The molecular formula is C20H27FN2O5. The first kappa shape index (κ1) is 20.4. The molecule has 1 spiro atoms. The summed E-state index contributed by atoms with van der Waals surface area (Å²) in [6.45, 7) is 3.81. The van der Waals surface area contributed by atoms with Crippen molar-refractivity contribution in [2.75, 3.05) is 33.9 Å². The van der Waals surface area contributed by atoms with E-state index in [4.69, 9.17) is 9.47 Å². The summed E-state index contributed by atoms with van der Waals surface area (Å²) in [4.78, 5) is 27.0. The summed E-state index contributed by atoms with van der Waals surface area (Å²) in [5, 5.41) is 9.45. The molecule has 8 heteroatoms. The minimum absolute atomic E-state index is 0.165. The summed E-state index contributed by atoms with van der Waals surface area (Å²) >= 11 is 0. The molecule has 0 unspecified atom stereocenters. The molecule has 0 radical (unpaired) electrons. The number of piperidine rings is 1. The molecule has 1 aromatic carbocycles. The van der Waals surface area contributed by atoms with E-state index in [1.165, 1.54) is 32.1 Å². The summed E-state index contributed by atoms with van der Waals surface area (Å²) in [5.74, 6) is -0.630. The summed E-state index contributed by atoms with van der Waals surface area (Å²) in [7, 11) is 2.99. The molecule has 0 bridgehead atoms. The van der Waals surface area contributed by atoms with Gasteiger partial charge in [0.1, 0.15) is 11.9 Å². The molecule has 2 saturated heterocycles. The lowest BCUT2D eigenvalue weighted by Crippen LogP contribution is -2.42. The van der Waals surface area contributed by atoms with E-state index in [-0.39, 0.29) is 17.1 Å². The van der Waals surface area contributed by atoms with E-state index in [2.05, 4.69) is 4.90 Å². The number of carbonyl (C=O) groups excluding carboxylic acids is 1. The Morgan fingerprint density at radius 2 is 1.82 bits per heavy atom. The van der Waals surface area contributed by atoms with Crippen LogP contribution in [0.5, 0.6) is 11.5 Å². The maximum atomic E-state index is 14.4. The molecule has 2 aliphatic rings. The molecule has 28 heavy (non-hydrogen) atoms. The van der Waals surface area contributed by atoms with Gasteiger partial charge in [0, 0.05) is 31.6 Å². The number of likely N-dealkylation sites (tertiary alicyclic amines) is 2. The maximum Gasteiger partial charge on any atom is 0.326 e. The van der Waals surface area contributed by atoms with E-state index < -0.39 is 12.0 Å². The highest BCUT2D eigenvalue weighted by Gasteiger charge is 2.49. The summed E-state index contributed by atoms with van der Waals surface area (Å²) in [6, 6.07) is 2.25. The van der Waals surface area contributed by atoms with E-state index in [1.54, 1.807) is 6.07 Å². The van der Waals surface area contributed by atoms with Crippen LogP contribution >= 0.6 is 0 Å². The van der Waals surface area contributed by atoms with Gasteiger partial charge in [-0.05, 0) is 43.8 Å². The molecule has 0 aromatic heterocycles. The summed E-state index contributed by atoms with van der Waals surface area (Å²) < 4.78 is 24.8. The van der Waals surface area contributed by atoms with Gasteiger partial charge in [0.2, 0.25) is 5.91 Å². The van der Waals surface area contributed by atoms with Gasteiger partial charge < -0.3 is 19.5 Å². The van der Waals surface area contributed by atoms with Crippen molar-refractivity contribution in [3.05, 3.63) is 23.5 Å². The third-order valence-corrected chi connectivity index (χ3v) is 6.06. The lowest BCUT2D eigenvalue weighted by molar-refractivity contribution is -0.147. The van der Waals surface area contributed by atoms with Crippen LogP contribution < -0.4 is 9.47 Å². The van der Waals surface area contributed by atoms with Gasteiger partial charge in [-0.25, -0.2) is 9.18 Å². The number of carbonyl (C=O) groups is 2. The van der Waals surface area contributed by atoms with Gasteiger partial charge in [-0.2, -0.15) is 0 Å². The third kappa shape index (κ3) is 3.92. The molecule has 2 aliphatic heterocycles. The first-order valence-electron chi connectivity index (χ1n) is 9.41. The van der Waals surface area contributed by atoms with Crippen LogP contribution in [0.15, 0.2) is 12.1 Å². The third-order valence-electron chi connectivity index (χ3n) is 6.06. The Balaban J connectivity index is 1.66. The molecule has 2 fully saturated rings. The van der Waals surface area contributed by atoms with Crippen LogP contribution in [0.3, 0.4) is 0 Å². The number of benzene rings is 1. The van der Waals surface area contributed by atoms with E-state index in [0.29, 0.717) is 36.6 Å².